The first-order valence-corrected chi connectivity index (χ1v) is 6.41. The zero-order chi connectivity index (χ0) is 12.1. The van der Waals surface area contributed by atoms with Crippen LogP contribution in [0.4, 0.5) is 0 Å². The monoisotopic (exact) mass is 234 g/mol. The Balaban J connectivity index is 1.96. The Morgan fingerprint density at radius 3 is 2.94 bits per heavy atom. The minimum absolute atomic E-state index is 0.804. The van der Waals surface area contributed by atoms with Crippen molar-refractivity contribution in [1.29, 1.82) is 0 Å². The van der Waals surface area contributed by atoms with Gasteiger partial charge < -0.3 is 10.5 Å². The SMILES string of the molecule is COc1ccc2c(c1)CN(CCCCN)CC2. The summed E-state index contributed by atoms with van der Waals surface area (Å²) in [6, 6.07) is 6.43. The van der Waals surface area contributed by atoms with E-state index in [-0.39, 0.29) is 0 Å². The largest absolute Gasteiger partial charge is 0.497 e. The molecule has 1 aromatic rings. The minimum atomic E-state index is 0.804. The van der Waals surface area contributed by atoms with Crippen LogP contribution < -0.4 is 10.5 Å². The predicted molar refractivity (Wildman–Crippen MR) is 70.3 cm³/mol. The number of methoxy groups -OCH3 is 1. The highest BCUT2D eigenvalue weighted by molar-refractivity contribution is 5.37. The van der Waals surface area contributed by atoms with E-state index in [0.29, 0.717) is 0 Å². The third-order valence-corrected chi connectivity index (χ3v) is 3.43. The predicted octanol–water partition coefficient (Wildman–Crippen LogP) is 1.79. The van der Waals surface area contributed by atoms with Gasteiger partial charge in [0.2, 0.25) is 0 Å². The molecule has 0 atom stereocenters. The molecule has 0 spiro atoms. The summed E-state index contributed by atoms with van der Waals surface area (Å²) in [4.78, 5) is 2.51. The lowest BCUT2D eigenvalue weighted by molar-refractivity contribution is 0.249. The summed E-state index contributed by atoms with van der Waals surface area (Å²) >= 11 is 0. The maximum Gasteiger partial charge on any atom is 0.119 e. The molecule has 17 heavy (non-hydrogen) atoms. The van der Waals surface area contributed by atoms with Gasteiger partial charge >= 0.3 is 0 Å². The Labute approximate surface area is 104 Å². The zero-order valence-corrected chi connectivity index (χ0v) is 10.6. The number of nitrogens with zero attached hydrogens (tertiary/aromatic N) is 1. The normalized spacial score (nSPS) is 15.6. The van der Waals surface area contributed by atoms with Crippen LogP contribution in [0.25, 0.3) is 0 Å². The van der Waals surface area contributed by atoms with E-state index < -0.39 is 0 Å². The van der Waals surface area contributed by atoms with Gasteiger partial charge in [-0.05, 0) is 55.6 Å². The van der Waals surface area contributed by atoms with Gasteiger partial charge in [0.1, 0.15) is 5.75 Å². The zero-order valence-electron chi connectivity index (χ0n) is 10.6. The summed E-state index contributed by atoms with van der Waals surface area (Å²) in [6.07, 6.45) is 3.49. The van der Waals surface area contributed by atoms with Crippen molar-refractivity contribution >= 4 is 0 Å². The number of nitrogens with two attached hydrogens (primary N) is 1. The summed E-state index contributed by atoms with van der Waals surface area (Å²) < 4.78 is 5.28. The number of hydrogen-bond donors (Lipinski definition) is 1. The van der Waals surface area contributed by atoms with Gasteiger partial charge in [-0.15, -0.1) is 0 Å². The molecule has 1 heterocycles. The Kier molecular flexibility index (Phi) is 4.40. The van der Waals surface area contributed by atoms with Crippen LogP contribution >= 0.6 is 0 Å². The molecule has 0 amide bonds. The lowest BCUT2D eigenvalue weighted by atomic mass is 9.99. The van der Waals surface area contributed by atoms with Crippen molar-refractivity contribution in [3.05, 3.63) is 29.3 Å². The quantitative estimate of drug-likeness (QED) is 0.789. The molecule has 0 unspecified atom stereocenters. The van der Waals surface area contributed by atoms with Crippen LogP contribution in [0.3, 0.4) is 0 Å². The van der Waals surface area contributed by atoms with E-state index in [1.54, 1.807) is 7.11 Å². The second-order valence-corrected chi connectivity index (χ2v) is 4.66. The van der Waals surface area contributed by atoms with Crippen molar-refractivity contribution in [3.63, 3.8) is 0 Å². The average Bonchev–Trinajstić information content (AvgIpc) is 2.38. The van der Waals surface area contributed by atoms with E-state index in [1.807, 2.05) is 0 Å². The molecule has 0 fully saturated rings. The second-order valence-electron chi connectivity index (χ2n) is 4.66. The Morgan fingerprint density at radius 1 is 1.29 bits per heavy atom. The summed E-state index contributed by atoms with van der Waals surface area (Å²) in [5, 5.41) is 0. The summed E-state index contributed by atoms with van der Waals surface area (Å²) in [5.41, 5.74) is 8.42. The fourth-order valence-electron chi connectivity index (χ4n) is 2.39. The molecule has 0 saturated heterocycles. The Bertz CT molecular complexity index is 365. The maximum atomic E-state index is 5.52. The van der Waals surface area contributed by atoms with Gasteiger partial charge in [-0.1, -0.05) is 6.07 Å². The molecule has 94 valence electrons. The van der Waals surface area contributed by atoms with Gasteiger partial charge in [0, 0.05) is 13.1 Å². The second kappa shape index (κ2) is 6.03. The number of benzene rings is 1. The van der Waals surface area contributed by atoms with Crippen molar-refractivity contribution < 1.29 is 4.74 Å². The third kappa shape index (κ3) is 3.20. The van der Waals surface area contributed by atoms with E-state index in [1.165, 1.54) is 24.1 Å². The van der Waals surface area contributed by atoms with Crippen LogP contribution in [0.2, 0.25) is 0 Å². The lowest BCUT2D eigenvalue weighted by Gasteiger charge is -2.28. The lowest BCUT2D eigenvalue weighted by Crippen LogP contribution is -2.31. The smallest absolute Gasteiger partial charge is 0.119 e. The first-order chi connectivity index (χ1) is 8.33. The fraction of sp³-hybridized carbons (Fsp3) is 0.571. The van der Waals surface area contributed by atoms with Crippen molar-refractivity contribution in [1.82, 2.24) is 4.90 Å². The van der Waals surface area contributed by atoms with Gasteiger partial charge in [-0.2, -0.15) is 0 Å². The van der Waals surface area contributed by atoms with Gasteiger partial charge in [-0.25, -0.2) is 0 Å². The molecule has 1 aliphatic rings. The van der Waals surface area contributed by atoms with E-state index in [2.05, 4.69) is 23.1 Å². The van der Waals surface area contributed by atoms with E-state index in [0.717, 1.165) is 38.2 Å². The Hall–Kier alpha value is -1.06. The van der Waals surface area contributed by atoms with E-state index >= 15 is 0 Å². The van der Waals surface area contributed by atoms with Gasteiger partial charge in [-0.3, -0.25) is 4.90 Å². The molecular weight excluding hydrogens is 212 g/mol. The first-order valence-electron chi connectivity index (χ1n) is 6.41. The number of fused-ring (bicyclic) bond motifs is 1. The van der Waals surface area contributed by atoms with Crippen LogP contribution in [0.15, 0.2) is 18.2 Å². The number of unbranched alkanes of at least 4 members (excludes halogenated alkanes) is 1. The summed E-state index contributed by atoms with van der Waals surface area (Å²) in [7, 11) is 1.73. The highest BCUT2D eigenvalue weighted by Gasteiger charge is 2.15. The van der Waals surface area contributed by atoms with Gasteiger partial charge in [0.15, 0.2) is 0 Å². The van der Waals surface area contributed by atoms with Crippen molar-refractivity contribution in [2.45, 2.75) is 25.8 Å². The van der Waals surface area contributed by atoms with Crippen LogP contribution in [0, 0.1) is 0 Å². The molecule has 0 bridgehead atoms. The molecule has 0 radical (unpaired) electrons. The fourth-order valence-corrected chi connectivity index (χ4v) is 2.39. The molecule has 1 aliphatic heterocycles. The molecule has 3 heteroatoms. The summed E-state index contributed by atoms with van der Waals surface area (Å²) in [6.45, 7) is 4.19. The van der Waals surface area contributed by atoms with Crippen LogP contribution in [-0.2, 0) is 13.0 Å². The molecule has 0 saturated carbocycles. The molecule has 1 aromatic carbocycles. The van der Waals surface area contributed by atoms with Crippen LogP contribution in [-0.4, -0.2) is 31.6 Å². The summed E-state index contributed by atoms with van der Waals surface area (Å²) in [5.74, 6) is 0.965. The van der Waals surface area contributed by atoms with Gasteiger partial charge in [0.05, 0.1) is 7.11 Å². The topological polar surface area (TPSA) is 38.5 Å². The highest BCUT2D eigenvalue weighted by atomic mass is 16.5. The van der Waals surface area contributed by atoms with E-state index in [9.17, 15) is 0 Å². The molecule has 3 nitrogen and oxygen atoms in total. The average molecular weight is 234 g/mol. The molecule has 2 rings (SSSR count). The van der Waals surface area contributed by atoms with Crippen LogP contribution in [0.1, 0.15) is 24.0 Å². The standard InChI is InChI=1S/C14H22N2O/c1-17-14-5-4-12-6-9-16(8-3-2-7-15)11-13(12)10-14/h4-5,10H,2-3,6-9,11,15H2,1H3. The molecule has 0 aliphatic carbocycles. The van der Waals surface area contributed by atoms with Crippen LogP contribution in [0.5, 0.6) is 5.75 Å². The number of hydrogen-bond acceptors (Lipinski definition) is 3. The maximum absolute atomic E-state index is 5.52. The van der Waals surface area contributed by atoms with Crippen molar-refractivity contribution in [2.24, 2.45) is 5.73 Å². The van der Waals surface area contributed by atoms with Crippen molar-refractivity contribution in [3.8, 4) is 5.75 Å². The molecule has 0 aromatic heterocycles. The highest BCUT2D eigenvalue weighted by Crippen LogP contribution is 2.23. The third-order valence-electron chi connectivity index (χ3n) is 3.43. The van der Waals surface area contributed by atoms with Crippen molar-refractivity contribution in [2.75, 3.05) is 26.7 Å². The molecular formula is C14H22N2O. The Morgan fingerprint density at radius 2 is 2.18 bits per heavy atom. The first kappa shape index (κ1) is 12.4. The minimum Gasteiger partial charge on any atom is -0.497 e. The van der Waals surface area contributed by atoms with Gasteiger partial charge in [0.25, 0.3) is 0 Å². The number of rotatable bonds is 5. The number of ether oxygens (including phenoxy) is 1. The molecule has 2 N–H and O–H groups in total. The van der Waals surface area contributed by atoms with E-state index in [4.69, 9.17) is 10.5 Å².